The Morgan fingerprint density at radius 1 is 1.19 bits per heavy atom. The van der Waals surface area contributed by atoms with Gasteiger partial charge < -0.3 is 9.80 Å². The summed E-state index contributed by atoms with van der Waals surface area (Å²) in [7, 11) is 0. The first kappa shape index (κ1) is 20.6. The van der Waals surface area contributed by atoms with Gasteiger partial charge in [0, 0.05) is 54.9 Å². The first-order valence-electron chi connectivity index (χ1n) is 11.3. The Kier molecular flexibility index (Phi) is 5.12. The smallest absolute Gasteiger partial charge is 0.264 e. The number of rotatable bonds is 4. The lowest BCUT2D eigenvalue weighted by molar-refractivity contribution is -0.131. The second kappa shape index (κ2) is 7.69. The fourth-order valence-corrected chi connectivity index (χ4v) is 6.04. The molecular weight excluding hydrogens is 408 g/mol. The molecule has 0 saturated carbocycles. The van der Waals surface area contributed by atoms with Crippen LogP contribution in [0.2, 0.25) is 0 Å². The predicted octanol–water partition coefficient (Wildman–Crippen LogP) is 3.96. The topological polar surface area (TPSA) is 58.4 Å². The van der Waals surface area contributed by atoms with Gasteiger partial charge in [-0.3, -0.25) is 14.2 Å². The van der Waals surface area contributed by atoms with Crippen molar-refractivity contribution in [2.24, 2.45) is 0 Å². The minimum Gasteiger partial charge on any atom is -0.353 e. The van der Waals surface area contributed by atoms with Gasteiger partial charge in [-0.15, -0.1) is 0 Å². The Morgan fingerprint density at radius 2 is 1.97 bits per heavy atom. The summed E-state index contributed by atoms with van der Waals surface area (Å²) < 4.78 is 1.84. The zero-order valence-electron chi connectivity index (χ0n) is 18.6. The van der Waals surface area contributed by atoms with E-state index >= 15 is 0 Å². The van der Waals surface area contributed by atoms with E-state index in [9.17, 15) is 9.59 Å². The Balaban J connectivity index is 1.49. The van der Waals surface area contributed by atoms with Gasteiger partial charge in [-0.25, -0.2) is 4.98 Å². The van der Waals surface area contributed by atoms with Crippen LogP contribution in [0.15, 0.2) is 18.3 Å². The lowest BCUT2D eigenvalue weighted by atomic mass is 9.91. The summed E-state index contributed by atoms with van der Waals surface area (Å²) in [6.07, 6.45) is 5.37. The summed E-state index contributed by atoms with van der Waals surface area (Å²) >= 11 is 1.94. The molecule has 1 fully saturated rings. The molecule has 0 N–H and O–H groups in total. The molecule has 6 nitrogen and oxygen atoms in total. The monoisotopic (exact) mass is 438 g/mol. The summed E-state index contributed by atoms with van der Waals surface area (Å²) in [6, 6.07) is 3.90. The van der Waals surface area contributed by atoms with Crippen molar-refractivity contribution in [3.05, 3.63) is 35.0 Å². The van der Waals surface area contributed by atoms with Crippen molar-refractivity contribution in [2.75, 3.05) is 31.1 Å². The fraction of sp³-hybridized carbons (Fsp3) is 0.542. The Hall–Kier alpha value is -2.28. The molecule has 5 rings (SSSR count). The number of hydrogen-bond acceptors (Lipinski definition) is 5. The molecular formula is C24H30N4O2S. The maximum Gasteiger partial charge on any atom is 0.264 e. The molecule has 2 aromatic rings. The van der Waals surface area contributed by atoms with Crippen LogP contribution in [-0.4, -0.2) is 57.2 Å². The molecule has 7 heteroatoms. The molecule has 0 aromatic carbocycles. The number of amides is 1. The number of aromatic nitrogens is 2. The molecule has 0 aliphatic carbocycles. The second-order valence-corrected chi connectivity index (χ2v) is 11.1. The molecule has 0 bridgehead atoms. The number of carbonyl (C=O) groups excluding carboxylic acids is 2. The third-order valence-corrected chi connectivity index (χ3v) is 8.06. The summed E-state index contributed by atoms with van der Waals surface area (Å²) in [5.74, 6) is 2.21. The number of hydrogen-bond donors (Lipinski definition) is 0. The largest absolute Gasteiger partial charge is 0.353 e. The quantitative estimate of drug-likeness (QED) is 0.617. The van der Waals surface area contributed by atoms with E-state index in [1.54, 1.807) is 4.57 Å². The van der Waals surface area contributed by atoms with Gasteiger partial charge in [0.1, 0.15) is 11.5 Å². The van der Waals surface area contributed by atoms with Crippen LogP contribution in [0, 0.1) is 0 Å². The van der Waals surface area contributed by atoms with Crippen LogP contribution >= 0.6 is 11.8 Å². The van der Waals surface area contributed by atoms with Crippen molar-refractivity contribution >= 4 is 29.4 Å². The zero-order chi connectivity index (χ0) is 21.8. The lowest BCUT2D eigenvalue weighted by Gasteiger charge is -2.39. The van der Waals surface area contributed by atoms with Crippen LogP contribution < -0.4 is 4.90 Å². The molecule has 5 heterocycles. The molecule has 0 radical (unpaired) electrons. The van der Waals surface area contributed by atoms with Crippen LogP contribution in [0.1, 0.15) is 61.5 Å². The van der Waals surface area contributed by atoms with Crippen LogP contribution in [-0.2, 0) is 17.0 Å². The maximum absolute atomic E-state index is 13.2. The molecule has 164 valence electrons. The number of piperazine rings is 1. The number of anilines is 1. The zero-order valence-corrected chi connectivity index (χ0v) is 19.4. The number of fused-ring (bicyclic) bond motifs is 5. The van der Waals surface area contributed by atoms with Gasteiger partial charge in [0.25, 0.3) is 5.91 Å². The van der Waals surface area contributed by atoms with E-state index in [1.165, 1.54) is 11.1 Å². The highest BCUT2D eigenvalue weighted by atomic mass is 32.2. The van der Waals surface area contributed by atoms with E-state index in [0.29, 0.717) is 6.42 Å². The van der Waals surface area contributed by atoms with E-state index in [4.69, 9.17) is 4.98 Å². The standard InChI is InChI=1S/C24H30N4O2S/c1-4-5-8-19(29)26-10-12-27(13-11-26)22-17-15-31-24(2,3)14-16(17)20-21(25-22)18-7-6-9-28(18)23(20)30/h6-7,9H,4-5,8,10-15H2,1-3H3. The Labute approximate surface area is 188 Å². The first-order valence-corrected chi connectivity index (χ1v) is 12.3. The van der Waals surface area contributed by atoms with E-state index in [-0.39, 0.29) is 16.6 Å². The van der Waals surface area contributed by atoms with Crippen molar-refractivity contribution < 1.29 is 9.59 Å². The van der Waals surface area contributed by atoms with E-state index in [1.807, 2.05) is 35.0 Å². The highest BCUT2D eigenvalue weighted by molar-refractivity contribution is 7.99. The van der Waals surface area contributed by atoms with E-state index < -0.39 is 0 Å². The molecule has 1 amide bonds. The second-order valence-electron chi connectivity index (χ2n) is 9.38. The Bertz CT molecular complexity index is 1050. The highest BCUT2D eigenvalue weighted by Crippen LogP contribution is 2.46. The third-order valence-electron chi connectivity index (χ3n) is 6.70. The summed E-state index contributed by atoms with van der Waals surface area (Å²) in [4.78, 5) is 35.1. The van der Waals surface area contributed by atoms with Gasteiger partial charge in [-0.1, -0.05) is 27.2 Å². The van der Waals surface area contributed by atoms with Gasteiger partial charge in [0.15, 0.2) is 0 Å². The number of pyridine rings is 1. The summed E-state index contributed by atoms with van der Waals surface area (Å²) in [5.41, 5.74) is 4.92. The SMILES string of the molecule is CCCCC(=O)N1CCN(c2nc3c(c4c2CSC(C)(C)C4)C(=O)n2cccc2-3)CC1. The minimum atomic E-state index is 0.0549. The van der Waals surface area contributed by atoms with Crippen LogP contribution in [0.5, 0.6) is 0 Å². The van der Waals surface area contributed by atoms with Crippen LogP contribution in [0.3, 0.4) is 0 Å². The van der Waals surface area contributed by atoms with Crippen molar-refractivity contribution in [1.29, 1.82) is 0 Å². The molecule has 31 heavy (non-hydrogen) atoms. The molecule has 2 aromatic heterocycles. The first-order chi connectivity index (χ1) is 14.9. The lowest BCUT2D eigenvalue weighted by Crippen LogP contribution is -2.49. The number of nitrogens with zero attached hydrogens (tertiary/aromatic N) is 4. The molecule has 0 atom stereocenters. The summed E-state index contributed by atoms with van der Waals surface area (Å²) in [6.45, 7) is 9.70. The minimum absolute atomic E-state index is 0.0549. The average molecular weight is 439 g/mol. The molecule has 0 unspecified atom stereocenters. The highest BCUT2D eigenvalue weighted by Gasteiger charge is 2.39. The van der Waals surface area contributed by atoms with Crippen molar-refractivity contribution in [3.8, 4) is 11.4 Å². The van der Waals surface area contributed by atoms with E-state index in [2.05, 4.69) is 25.7 Å². The van der Waals surface area contributed by atoms with Crippen molar-refractivity contribution in [1.82, 2.24) is 14.5 Å². The molecule has 1 saturated heterocycles. The van der Waals surface area contributed by atoms with E-state index in [0.717, 1.165) is 74.0 Å². The molecule has 0 spiro atoms. The van der Waals surface area contributed by atoms with Gasteiger partial charge in [0.2, 0.25) is 5.91 Å². The third kappa shape index (κ3) is 3.47. The van der Waals surface area contributed by atoms with Gasteiger partial charge in [0.05, 0.1) is 11.3 Å². The van der Waals surface area contributed by atoms with Crippen molar-refractivity contribution in [3.63, 3.8) is 0 Å². The molecule has 3 aliphatic rings. The number of thioether (sulfide) groups is 1. The number of unbranched alkanes of at least 4 members (excludes halogenated alkanes) is 1. The normalized spacial score (nSPS) is 19.3. The van der Waals surface area contributed by atoms with Crippen molar-refractivity contribution in [2.45, 2.75) is 57.0 Å². The van der Waals surface area contributed by atoms with Gasteiger partial charge in [-0.05, 0) is 30.5 Å². The summed E-state index contributed by atoms with van der Waals surface area (Å²) in [5, 5.41) is 0. The molecule has 3 aliphatic heterocycles. The predicted molar refractivity (Wildman–Crippen MR) is 125 cm³/mol. The van der Waals surface area contributed by atoms with Crippen LogP contribution in [0.25, 0.3) is 11.4 Å². The van der Waals surface area contributed by atoms with Crippen LogP contribution in [0.4, 0.5) is 5.82 Å². The van der Waals surface area contributed by atoms with Gasteiger partial charge >= 0.3 is 0 Å². The maximum atomic E-state index is 13.2. The number of carbonyl (C=O) groups is 2. The Morgan fingerprint density at radius 3 is 2.71 bits per heavy atom. The van der Waals surface area contributed by atoms with Gasteiger partial charge in [-0.2, -0.15) is 11.8 Å². The average Bonchev–Trinajstić information content (AvgIpc) is 3.34. The fourth-order valence-electron chi connectivity index (χ4n) is 4.95.